The zero-order chi connectivity index (χ0) is 14.2. The first-order valence-corrected chi connectivity index (χ1v) is 7.61. The third-order valence-corrected chi connectivity index (χ3v) is 5.20. The van der Waals surface area contributed by atoms with Crippen molar-refractivity contribution < 1.29 is 4.79 Å². The molecule has 1 saturated carbocycles. The van der Waals surface area contributed by atoms with Crippen molar-refractivity contribution >= 4 is 17.2 Å². The molecule has 1 atom stereocenters. The lowest BCUT2D eigenvalue weighted by Gasteiger charge is -2.18. The molecule has 1 aliphatic rings. The minimum Gasteiger partial charge on any atom is -0.353 e. The fourth-order valence-corrected chi connectivity index (χ4v) is 3.95. The van der Waals surface area contributed by atoms with E-state index in [0.717, 1.165) is 6.42 Å². The van der Waals surface area contributed by atoms with Crippen LogP contribution in [0.2, 0.25) is 0 Å². The van der Waals surface area contributed by atoms with E-state index in [9.17, 15) is 4.79 Å². The van der Waals surface area contributed by atoms with Gasteiger partial charge in [0.05, 0.1) is 18.2 Å². The Labute approximate surface area is 122 Å². The van der Waals surface area contributed by atoms with Crippen molar-refractivity contribution in [3.63, 3.8) is 0 Å². The number of carbonyl (C=O) groups excluding carboxylic acids is 1. The molecule has 2 aromatic rings. The summed E-state index contributed by atoms with van der Waals surface area (Å²) >= 11 is 1.67. The molecule has 106 valence electrons. The Kier molecular flexibility index (Phi) is 3.12. The van der Waals surface area contributed by atoms with Gasteiger partial charge in [-0.05, 0) is 23.3 Å². The van der Waals surface area contributed by atoms with Gasteiger partial charge in [0.25, 0.3) is 0 Å². The zero-order valence-corrected chi connectivity index (χ0v) is 12.5. The number of rotatable bonds is 5. The van der Waals surface area contributed by atoms with Crippen LogP contribution >= 0.6 is 11.3 Å². The molecule has 6 heteroatoms. The Bertz CT molecular complexity index is 591. The molecule has 1 unspecified atom stereocenters. The van der Waals surface area contributed by atoms with Crippen molar-refractivity contribution in [2.45, 2.75) is 32.2 Å². The summed E-state index contributed by atoms with van der Waals surface area (Å²) in [5.74, 6) is 0.130. The van der Waals surface area contributed by atoms with E-state index in [1.807, 2.05) is 11.4 Å². The fraction of sp³-hybridized carbons (Fsp3) is 0.500. The molecule has 0 bridgehead atoms. The summed E-state index contributed by atoms with van der Waals surface area (Å²) in [6.45, 7) is 5.53. The maximum Gasteiger partial charge on any atom is 0.232 e. The second-order valence-corrected chi connectivity index (χ2v) is 6.81. The number of thiophene rings is 1. The number of nitrogens with one attached hydrogen (secondary N) is 1. The second-order valence-electron chi connectivity index (χ2n) is 5.87. The topological polar surface area (TPSA) is 59.8 Å². The fourth-order valence-electron chi connectivity index (χ4n) is 2.85. The van der Waals surface area contributed by atoms with E-state index in [4.69, 9.17) is 0 Å². The first kappa shape index (κ1) is 13.3. The first-order chi connectivity index (χ1) is 9.56. The number of carbonyl (C=O) groups is 1. The van der Waals surface area contributed by atoms with E-state index in [1.165, 1.54) is 4.88 Å². The highest BCUT2D eigenvalue weighted by Gasteiger charge is 2.67. The van der Waals surface area contributed by atoms with E-state index in [0.29, 0.717) is 13.1 Å². The van der Waals surface area contributed by atoms with E-state index in [1.54, 1.807) is 28.4 Å². The molecule has 20 heavy (non-hydrogen) atoms. The van der Waals surface area contributed by atoms with Crippen LogP contribution in [0.1, 0.15) is 25.1 Å². The van der Waals surface area contributed by atoms with Gasteiger partial charge in [-0.15, -0.1) is 16.4 Å². The van der Waals surface area contributed by atoms with Crippen molar-refractivity contribution in [1.29, 1.82) is 0 Å². The normalized spacial score (nSPS) is 23.5. The summed E-state index contributed by atoms with van der Waals surface area (Å²) in [5.41, 5.74) is -0.307. The van der Waals surface area contributed by atoms with Gasteiger partial charge in [-0.3, -0.25) is 9.48 Å². The molecule has 0 radical (unpaired) electrons. The van der Waals surface area contributed by atoms with E-state index in [-0.39, 0.29) is 16.7 Å². The predicted molar refractivity (Wildman–Crippen MR) is 77.4 cm³/mol. The molecule has 5 nitrogen and oxygen atoms in total. The molecule has 0 spiro atoms. The second kappa shape index (κ2) is 4.70. The zero-order valence-electron chi connectivity index (χ0n) is 11.7. The molecule has 3 rings (SSSR count). The monoisotopic (exact) mass is 290 g/mol. The molecule has 1 N–H and O–H groups in total. The summed E-state index contributed by atoms with van der Waals surface area (Å²) in [6, 6.07) is 4.08. The lowest BCUT2D eigenvalue weighted by atomic mass is 9.93. The molecule has 0 aliphatic heterocycles. The van der Waals surface area contributed by atoms with Crippen molar-refractivity contribution in [3.8, 4) is 0 Å². The van der Waals surface area contributed by atoms with E-state index >= 15 is 0 Å². The summed E-state index contributed by atoms with van der Waals surface area (Å²) in [5, 5.41) is 12.7. The molecular formula is C14H18N4OS. The van der Waals surface area contributed by atoms with Crippen LogP contribution < -0.4 is 5.32 Å². The molecule has 0 saturated heterocycles. The summed E-state index contributed by atoms with van der Waals surface area (Å²) in [4.78, 5) is 13.8. The number of nitrogens with zero attached hydrogens (tertiary/aromatic N) is 3. The molecule has 2 heterocycles. The Balaban J connectivity index is 1.66. The van der Waals surface area contributed by atoms with Crippen LogP contribution in [0.5, 0.6) is 0 Å². The Morgan fingerprint density at radius 1 is 1.55 bits per heavy atom. The predicted octanol–water partition coefficient (Wildman–Crippen LogP) is 1.82. The Hall–Kier alpha value is -1.69. The van der Waals surface area contributed by atoms with Crippen LogP contribution in [0.3, 0.4) is 0 Å². The molecule has 0 aromatic carbocycles. The third-order valence-electron chi connectivity index (χ3n) is 4.17. The maximum atomic E-state index is 12.6. The number of hydrogen-bond donors (Lipinski definition) is 1. The average Bonchev–Trinajstić information content (AvgIpc) is 2.93. The van der Waals surface area contributed by atoms with E-state index < -0.39 is 0 Å². The molecule has 1 fully saturated rings. The molecule has 2 aromatic heterocycles. The van der Waals surface area contributed by atoms with E-state index in [2.05, 4.69) is 35.5 Å². The smallest absolute Gasteiger partial charge is 0.232 e. The highest BCUT2D eigenvalue weighted by atomic mass is 32.1. The van der Waals surface area contributed by atoms with Crippen molar-refractivity contribution in [1.82, 2.24) is 20.3 Å². The average molecular weight is 290 g/mol. The Morgan fingerprint density at radius 3 is 2.90 bits per heavy atom. The van der Waals surface area contributed by atoms with Gasteiger partial charge in [0.2, 0.25) is 5.91 Å². The minimum absolute atomic E-state index is 0.0369. The highest BCUT2D eigenvalue weighted by molar-refractivity contribution is 7.10. The van der Waals surface area contributed by atoms with Gasteiger partial charge in [0.15, 0.2) is 0 Å². The number of aromatic nitrogens is 3. The number of amides is 1. The van der Waals surface area contributed by atoms with Gasteiger partial charge >= 0.3 is 0 Å². The lowest BCUT2D eigenvalue weighted by molar-refractivity contribution is -0.124. The summed E-state index contributed by atoms with van der Waals surface area (Å²) in [6.07, 6.45) is 4.34. The van der Waals surface area contributed by atoms with Gasteiger partial charge in [0.1, 0.15) is 0 Å². The molecule has 1 aliphatic carbocycles. The van der Waals surface area contributed by atoms with Crippen LogP contribution in [-0.4, -0.2) is 27.4 Å². The van der Waals surface area contributed by atoms with Gasteiger partial charge in [-0.2, -0.15) is 0 Å². The SMILES string of the molecule is CC1(C)CC1(C(=O)NCCn1ccnn1)c1cccs1. The van der Waals surface area contributed by atoms with Gasteiger partial charge < -0.3 is 5.32 Å². The van der Waals surface area contributed by atoms with Gasteiger partial charge in [-0.25, -0.2) is 0 Å². The van der Waals surface area contributed by atoms with Gasteiger partial charge in [0, 0.05) is 17.6 Å². The standard InChI is InChI=1S/C14H18N4OS/c1-13(2)10-14(13,11-4-3-9-20-11)12(19)15-5-7-18-8-6-16-17-18/h3-4,6,8-9H,5,7,10H2,1-2H3,(H,15,19). The summed E-state index contributed by atoms with van der Waals surface area (Å²) in [7, 11) is 0. The largest absolute Gasteiger partial charge is 0.353 e. The Morgan fingerprint density at radius 2 is 2.35 bits per heavy atom. The lowest BCUT2D eigenvalue weighted by Crippen LogP contribution is -2.38. The molecule has 1 amide bonds. The van der Waals surface area contributed by atoms with Crippen LogP contribution in [-0.2, 0) is 16.8 Å². The van der Waals surface area contributed by atoms with Crippen LogP contribution in [0.15, 0.2) is 29.9 Å². The van der Waals surface area contributed by atoms with Crippen LogP contribution in [0.25, 0.3) is 0 Å². The molecular weight excluding hydrogens is 272 g/mol. The minimum atomic E-state index is -0.344. The van der Waals surface area contributed by atoms with Gasteiger partial charge in [-0.1, -0.05) is 25.1 Å². The first-order valence-electron chi connectivity index (χ1n) is 6.73. The third kappa shape index (κ3) is 2.04. The van der Waals surface area contributed by atoms with Crippen molar-refractivity contribution in [2.75, 3.05) is 6.54 Å². The van der Waals surface area contributed by atoms with Crippen LogP contribution in [0.4, 0.5) is 0 Å². The van der Waals surface area contributed by atoms with Crippen LogP contribution in [0, 0.1) is 5.41 Å². The maximum absolute atomic E-state index is 12.6. The van der Waals surface area contributed by atoms with Crippen molar-refractivity contribution in [2.24, 2.45) is 5.41 Å². The number of hydrogen-bond acceptors (Lipinski definition) is 4. The summed E-state index contributed by atoms with van der Waals surface area (Å²) < 4.78 is 1.72. The quantitative estimate of drug-likeness (QED) is 0.914. The van der Waals surface area contributed by atoms with Crippen molar-refractivity contribution in [3.05, 3.63) is 34.8 Å². The highest BCUT2D eigenvalue weighted by Crippen LogP contribution is 2.65.